The zero-order valence-electron chi connectivity index (χ0n) is 14.0. The second-order valence-corrected chi connectivity index (χ2v) is 8.58. The molecule has 0 saturated heterocycles. The van der Waals surface area contributed by atoms with Gasteiger partial charge in [-0.25, -0.2) is 8.42 Å². The topological polar surface area (TPSA) is 40.6 Å². The fraction of sp³-hybridized carbons (Fsp3) is 0.556. The highest BCUT2D eigenvalue weighted by Gasteiger charge is 2.29. The minimum absolute atomic E-state index is 0.373. The first-order chi connectivity index (χ1) is 11.0. The third kappa shape index (κ3) is 3.39. The van der Waals surface area contributed by atoms with Gasteiger partial charge >= 0.3 is 0 Å². The molecule has 23 heavy (non-hydrogen) atoms. The first-order valence-corrected chi connectivity index (χ1v) is 9.96. The molecule has 1 fully saturated rings. The zero-order chi connectivity index (χ0) is 16.4. The van der Waals surface area contributed by atoms with E-state index in [-0.39, 0.29) is 0 Å². The van der Waals surface area contributed by atoms with Gasteiger partial charge < -0.3 is 4.90 Å². The van der Waals surface area contributed by atoms with E-state index in [1.807, 2.05) is 32.2 Å². The van der Waals surface area contributed by atoms with Crippen molar-refractivity contribution in [1.82, 2.24) is 9.21 Å². The Balaban J connectivity index is 1.79. The summed E-state index contributed by atoms with van der Waals surface area (Å²) in [7, 11) is -3.44. The maximum atomic E-state index is 12.8. The summed E-state index contributed by atoms with van der Waals surface area (Å²) in [6, 6.07) is 7.68. The molecule has 0 N–H and O–H groups in total. The monoisotopic (exact) mass is 334 g/mol. The molecule has 0 radical (unpaired) electrons. The van der Waals surface area contributed by atoms with Gasteiger partial charge in [0.15, 0.2) is 0 Å². The van der Waals surface area contributed by atoms with Crippen LogP contribution in [0.1, 0.15) is 44.6 Å². The summed E-state index contributed by atoms with van der Waals surface area (Å²) in [5, 5.41) is 0. The average molecular weight is 334 g/mol. The maximum Gasteiger partial charge on any atom is 0.263 e. The molecule has 0 unspecified atom stereocenters. The highest BCUT2D eigenvalue weighted by Crippen LogP contribution is 2.28. The molecule has 2 aliphatic rings. The smallest absolute Gasteiger partial charge is 0.263 e. The van der Waals surface area contributed by atoms with Crippen LogP contribution in [0.5, 0.6) is 0 Å². The van der Waals surface area contributed by atoms with Crippen molar-refractivity contribution in [3.63, 3.8) is 0 Å². The second-order valence-electron chi connectivity index (χ2n) is 6.68. The van der Waals surface area contributed by atoms with Gasteiger partial charge in [-0.15, -0.1) is 0 Å². The normalized spacial score (nSPS) is 20.5. The Kier molecular flexibility index (Phi) is 4.67. The van der Waals surface area contributed by atoms with Crippen molar-refractivity contribution in [1.29, 1.82) is 0 Å². The highest BCUT2D eigenvalue weighted by molar-refractivity contribution is 7.89. The van der Waals surface area contributed by atoms with Crippen molar-refractivity contribution in [2.45, 2.75) is 56.9 Å². The number of rotatable bonds is 3. The van der Waals surface area contributed by atoms with Crippen molar-refractivity contribution >= 4 is 10.0 Å². The Hall–Kier alpha value is -1.49. The fourth-order valence-electron chi connectivity index (χ4n) is 3.63. The minimum atomic E-state index is -3.44. The van der Waals surface area contributed by atoms with Crippen LogP contribution in [0.4, 0.5) is 0 Å². The summed E-state index contributed by atoms with van der Waals surface area (Å²) in [6.07, 6.45) is 8.19. The Morgan fingerprint density at radius 3 is 2.22 bits per heavy atom. The molecule has 126 valence electrons. The molecule has 0 amide bonds. The highest BCUT2D eigenvalue weighted by atomic mass is 32.2. The largest absolute Gasteiger partial charge is 0.369 e. The van der Waals surface area contributed by atoms with E-state index in [2.05, 4.69) is 4.90 Å². The van der Waals surface area contributed by atoms with E-state index in [1.54, 1.807) is 12.1 Å². The second kappa shape index (κ2) is 6.56. The molecule has 1 heterocycles. The number of sulfonamides is 1. The van der Waals surface area contributed by atoms with Crippen LogP contribution in [0.25, 0.3) is 0 Å². The summed E-state index contributed by atoms with van der Waals surface area (Å²) < 4.78 is 27.1. The molecule has 1 aliphatic carbocycles. The molecule has 0 atom stereocenters. The molecule has 0 spiro atoms. The number of nitrogens with zero attached hydrogens (tertiary/aromatic N) is 2. The van der Waals surface area contributed by atoms with Crippen LogP contribution in [-0.2, 0) is 10.0 Å². The van der Waals surface area contributed by atoms with Crippen molar-refractivity contribution in [2.75, 3.05) is 13.1 Å². The van der Waals surface area contributed by atoms with Gasteiger partial charge in [-0.2, -0.15) is 0 Å². The van der Waals surface area contributed by atoms with Crippen molar-refractivity contribution in [2.24, 2.45) is 0 Å². The lowest BCUT2D eigenvalue weighted by atomic mass is 9.93. The van der Waals surface area contributed by atoms with Crippen LogP contribution in [0, 0.1) is 6.92 Å². The quantitative estimate of drug-likeness (QED) is 0.849. The summed E-state index contributed by atoms with van der Waals surface area (Å²) >= 11 is 0. The number of hydrogen-bond acceptors (Lipinski definition) is 3. The predicted molar refractivity (Wildman–Crippen MR) is 92.4 cm³/mol. The average Bonchev–Trinajstić information content (AvgIpc) is 2.56. The standard InChI is InChI=1S/C18H26N2O2S/c1-15-8-10-18(11-9-15)23(21,22)19-12-13-20(16(2)14-19)17-6-4-3-5-7-17/h8-11,14,17H,3-7,12-13H2,1-2H3. The first kappa shape index (κ1) is 16.4. The summed E-state index contributed by atoms with van der Waals surface area (Å²) in [6.45, 7) is 5.32. The molecule has 0 aromatic heterocycles. The molecule has 0 bridgehead atoms. The van der Waals surface area contributed by atoms with E-state index in [0.29, 0.717) is 17.5 Å². The van der Waals surface area contributed by atoms with E-state index in [9.17, 15) is 8.42 Å². The van der Waals surface area contributed by atoms with Gasteiger partial charge in [-0.1, -0.05) is 37.0 Å². The Bertz CT molecular complexity index is 673. The first-order valence-electron chi connectivity index (χ1n) is 8.52. The maximum absolute atomic E-state index is 12.8. The van der Waals surface area contributed by atoms with Gasteiger partial charge in [0.1, 0.15) is 0 Å². The molecule has 4 nitrogen and oxygen atoms in total. The molecule has 3 rings (SSSR count). The molecular formula is C18H26N2O2S. The molecule has 1 aromatic carbocycles. The van der Waals surface area contributed by atoms with Crippen molar-refractivity contribution < 1.29 is 8.42 Å². The van der Waals surface area contributed by atoms with Crippen LogP contribution in [0.3, 0.4) is 0 Å². The molecule has 1 aromatic rings. The molecule has 5 heteroatoms. The lowest BCUT2D eigenvalue weighted by Crippen LogP contribution is -2.45. The summed E-state index contributed by atoms with van der Waals surface area (Å²) in [4.78, 5) is 2.78. The minimum Gasteiger partial charge on any atom is -0.369 e. The Labute approximate surface area is 139 Å². The Morgan fingerprint density at radius 2 is 1.61 bits per heavy atom. The van der Waals surface area contributed by atoms with Crippen LogP contribution in [0.2, 0.25) is 0 Å². The number of aryl methyl sites for hydroxylation is 1. The third-order valence-electron chi connectivity index (χ3n) is 4.99. The van der Waals surface area contributed by atoms with E-state index < -0.39 is 10.0 Å². The van der Waals surface area contributed by atoms with Gasteiger partial charge in [-0.3, -0.25) is 4.31 Å². The molecule has 1 saturated carbocycles. The van der Waals surface area contributed by atoms with E-state index in [1.165, 1.54) is 36.4 Å². The molecular weight excluding hydrogens is 308 g/mol. The third-order valence-corrected chi connectivity index (χ3v) is 6.76. The van der Waals surface area contributed by atoms with Crippen molar-refractivity contribution in [3.8, 4) is 0 Å². The van der Waals surface area contributed by atoms with Crippen molar-refractivity contribution in [3.05, 3.63) is 41.7 Å². The van der Waals surface area contributed by atoms with Crippen LogP contribution < -0.4 is 0 Å². The lowest BCUT2D eigenvalue weighted by molar-refractivity contribution is 0.178. The van der Waals surface area contributed by atoms with Crippen LogP contribution in [0.15, 0.2) is 41.1 Å². The summed E-state index contributed by atoms with van der Waals surface area (Å²) in [5.41, 5.74) is 2.14. The van der Waals surface area contributed by atoms with Crippen LogP contribution in [-0.4, -0.2) is 36.8 Å². The van der Waals surface area contributed by atoms with E-state index in [0.717, 1.165) is 17.8 Å². The molecule has 1 aliphatic heterocycles. The van der Waals surface area contributed by atoms with Gasteiger partial charge in [0, 0.05) is 24.5 Å². The van der Waals surface area contributed by atoms with Gasteiger partial charge in [0.05, 0.1) is 11.4 Å². The van der Waals surface area contributed by atoms with E-state index in [4.69, 9.17) is 0 Å². The van der Waals surface area contributed by atoms with Gasteiger partial charge in [-0.05, 0) is 38.8 Å². The lowest BCUT2D eigenvalue weighted by Gasteiger charge is -2.41. The summed E-state index contributed by atoms with van der Waals surface area (Å²) in [5.74, 6) is 0. The van der Waals surface area contributed by atoms with E-state index >= 15 is 0 Å². The number of benzene rings is 1. The van der Waals surface area contributed by atoms with Gasteiger partial charge in [0.2, 0.25) is 0 Å². The van der Waals surface area contributed by atoms with Crippen LogP contribution >= 0.6 is 0 Å². The number of hydrogen-bond donors (Lipinski definition) is 0. The number of allylic oxidation sites excluding steroid dienone is 1. The Morgan fingerprint density at radius 1 is 0.957 bits per heavy atom. The predicted octanol–water partition coefficient (Wildman–Crippen LogP) is 3.50. The zero-order valence-corrected chi connectivity index (χ0v) is 14.8. The fourth-order valence-corrected chi connectivity index (χ4v) is 4.99. The SMILES string of the molecule is CC1=CN(S(=O)(=O)c2ccc(C)cc2)CCN1C1CCCCC1. The van der Waals surface area contributed by atoms with Gasteiger partial charge in [0.25, 0.3) is 10.0 Å².